The highest BCUT2D eigenvalue weighted by Gasteiger charge is 2.30. The summed E-state index contributed by atoms with van der Waals surface area (Å²) in [5, 5.41) is 0.475. The van der Waals surface area contributed by atoms with Crippen molar-refractivity contribution in [2.75, 3.05) is 11.4 Å². The Morgan fingerprint density at radius 1 is 0.926 bits per heavy atom. The van der Waals surface area contributed by atoms with Gasteiger partial charge in [0.15, 0.2) is 0 Å². The van der Waals surface area contributed by atoms with Gasteiger partial charge in [-0.3, -0.25) is 4.31 Å². The molecule has 0 aliphatic carbocycles. The van der Waals surface area contributed by atoms with Gasteiger partial charge in [-0.05, 0) is 55.0 Å². The molecule has 0 unspecified atom stereocenters. The van der Waals surface area contributed by atoms with E-state index >= 15 is 0 Å². The summed E-state index contributed by atoms with van der Waals surface area (Å²) in [4.78, 5) is 0.186. The summed E-state index contributed by atoms with van der Waals surface area (Å²) >= 11 is 6.14. The van der Waals surface area contributed by atoms with Crippen LogP contribution in [0.3, 0.4) is 0 Å². The Morgan fingerprint density at radius 3 is 2.19 bits per heavy atom. The standard InChI is InChI=1S/C21H20ClNO3S/c1-16(17-7-4-3-5-8-17)23(19-10-6-9-18(22)15-19)27(24,25)21-13-11-20(26-2)12-14-21/h3-16H,1-2H3/t16-/m0/s1. The highest BCUT2D eigenvalue weighted by atomic mass is 35.5. The molecule has 0 spiro atoms. The minimum absolute atomic E-state index is 0.186. The van der Waals surface area contributed by atoms with Crippen molar-refractivity contribution in [3.63, 3.8) is 0 Å². The summed E-state index contributed by atoms with van der Waals surface area (Å²) < 4.78 is 33.5. The van der Waals surface area contributed by atoms with E-state index < -0.39 is 16.1 Å². The largest absolute Gasteiger partial charge is 0.497 e. The zero-order valence-electron chi connectivity index (χ0n) is 15.0. The van der Waals surface area contributed by atoms with Crippen LogP contribution in [0.25, 0.3) is 0 Å². The zero-order chi connectivity index (χ0) is 19.4. The van der Waals surface area contributed by atoms with E-state index in [1.54, 1.807) is 55.6 Å². The van der Waals surface area contributed by atoms with Crippen molar-refractivity contribution in [3.05, 3.63) is 89.4 Å². The number of sulfonamides is 1. The SMILES string of the molecule is COc1ccc(S(=O)(=O)N(c2cccc(Cl)c2)[C@@H](C)c2ccccc2)cc1. The minimum atomic E-state index is -3.82. The molecule has 0 radical (unpaired) electrons. The molecule has 0 aliphatic rings. The van der Waals surface area contributed by atoms with E-state index in [0.717, 1.165) is 5.56 Å². The predicted octanol–water partition coefficient (Wildman–Crippen LogP) is 5.31. The molecule has 0 amide bonds. The van der Waals surface area contributed by atoms with E-state index in [0.29, 0.717) is 16.5 Å². The highest BCUT2D eigenvalue weighted by Crippen LogP contribution is 2.34. The summed E-state index contributed by atoms with van der Waals surface area (Å²) in [6, 6.07) is 22.3. The fraction of sp³-hybridized carbons (Fsp3) is 0.143. The number of benzene rings is 3. The molecule has 140 valence electrons. The third-order valence-electron chi connectivity index (χ3n) is 4.31. The topological polar surface area (TPSA) is 46.6 Å². The first-order chi connectivity index (χ1) is 12.9. The molecule has 0 saturated heterocycles. The maximum Gasteiger partial charge on any atom is 0.264 e. The molecule has 0 heterocycles. The monoisotopic (exact) mass is 401 g/mol. The zero-order valence-corrected chi connectivity index (χ0v) is 16.6. The Hall–Kier alpha value is -2.50. The van der Waals surface area contributed by atoms with Crippen LogP contribution >= 0.6 is 11.6 Å². The molecule has 4 nitrogen and oxygen atoms in total. The lowest BCUT2D eigenvalue weighted by Gasteiger charge is -2.31. The molecule has 0 bridgehead atoms. The van der Waals surface area contributed by atoms with Gasteiger partial charge in [-0.25, -0.2) is 8.42 Å². The Bertz CT molecular complexity index is 1010. The van der Waals surface area contributed by atoms with Crippen LogP contribution < -0.4 is 9.04 Å². The Labute approximate surface area is 165 Å². The third kappa shape index (κ3) is 4.10. The number of halogens is 1. The van der Waals surface area contributed by atoms with Gasteiger partial charge in [0.05, 0.1) is 23.7 Å². The molecule has 3 aromatic rings. The van der Waals surface area contributed by atoms with Gasteiger partial charge in [0, 0.05) is 5.02 Å². The smallest absolute Gasteiger partial charge is 0.264 e. The van der Waals surface area contributed by atoms with Crippen molar-refractivity contribution in [2.24, 2.45) is 0 Å². The van der Waals surface area contributed by atoms with Gasteiger partial charge in [-0.1, -0.05) is 48.0 Å². The second-order valence-corrected chi connectivity index (χ2v) is 8.29. The van der Waals surface area contributed by atoms with Crippen molar-refractivity contribution in [3.8, 4) is 5.75 Å². The Morgan fingerprint density at radius 2 is 1.59 bits per heavy atom. The van der Waals surface area contributed by atoms with Crippen LogP contribution in [0.5, 0.6) is 5.75 Å². The van der Waals surface area contributed by atoms with Crippen molar-refractivity contribution in [1.82, 2.24) is 0 Å². The number of hydrogen-bond acceptors (Lipinski definition) is 3. The fourth-order valence-electron chi connectivity index (χ4n) is 2.91. The molecule has 27 heavy (non-hydrogen) atoms. The lowest BCUT2D eigenvalue weighted by atomic mass is 10.1. The van der Waals surface area contributed by atoms with Crippen LogP contribution in [0, 0.1) is 0 Å². The van der Waals surface area contributed by atoms with Crippen LogP contribution in [0.2, 0.25) is 5.02 Å². The van der Waals surface area contributed by atoms with Gasteiger partial charge in [0.1, 0.15) is 5.75 Å². The van der Waals surface area contributed by atoms with E-state index in [4.69, 9.17) is 16.3 Å². The first kappa shape index (κ1) is 19.3. The average Bonchev–Trinajstić information content (AvgIpc) is 2.68. The van der Waals surface area contributed by atoms with Crippen LogP contribution in [0.15, 0.2) is 83.8 Å². The van der Waals surface area contributed by atoms with Crippen LogP contribution in [-0.2, 0) is 10.0 Å². The number of methoxy groups -OCH3 is 1. The summed E-state index contributed by atoms with van der Waals surface area (Å²) in [5.74, 6) is 0.597. The van der Waals surface area contributed by atoms with E-state index in [1.165, 1.54) is 4.31 Å². The molecular formula is C21H20ClNO3S. The van der Waals surface area contributed by atoms with Gasteiger partial charge in [0.2, 0.25) is 0 Å². The summed E-state index contributed by atoms with van der Waals surface area (Å²) in [6.45, 7) is 1.86. The number of nitrogens with zero attached hydrogens (tertiary/aromatic N) is 1. The molecule has 6 heteroatoms. The van der Waals surface area contributed by atoms with Crippen LogP contribution in [0.4, 0.5) is 5.69 Å². The lowest BCUT2D eigenvalue weighted by Crippen LogP contribution is -2.33. The van der Waals surface area contributed by atoms with Crippen molar-refractivity contribution in [1.29, 1.82) is 0 Å². The third-order valence-corrected chi connectivity index (χ3v) is 6.46. The summed E-state index contributed by atoms with van der Waals surface area (Å²) in [7, 11) is -2.28. The average molecular weight is 402 g/mol. The van der Waals surface area contributed by atoms with Gasteiger partial charge < -0.3 is 4.74 Å². The number of ether oxygens (including phenoxy) is 1. The maximum absolute atomic E-state index is 13.5. The van der Waals surface area contributed by atoms with Crippen molar-refractivity contribution in [2.45, 2.75) is 17.9 Å². The first-order valence-corrected chi connectivity index (χ1v) is 10.2. The fourth-order valence-corrected chi connectivity index (χ4v) is 4.73. The molecule has 3 rings (SSSR count). The lowest BCUT2D eigenvalue weighted by molar-refractivity contribution is 0.414. The Kier molecular flexibility index (Phi) is 5.73. The second-order valence-electron chi connectivity index (χ2n) is 6.04. The highest BCUT2D eigenvalue weighted by molar-refractivity contribution is 7.92. The quantitative estimate of drug-likeness (QED) is 0.562. The Balaban J connectivity index is 2.13. The van der Waals surface area contributed by atoms with Gasteiger partial charge in [0.25, 0.3) is 10.0 Å². The summed E-state index contributed by atoms with van der Waals surface area (Å²) in [5.41, 5.74) is 1.39. The van der Waals surface area contributed by atoms with E-state index in [1.807, 2.05) is 37.3 Å². The molecule has 0 aliphatic heterocycles. The minimum Gasteiger partial charge on any atom is -0.497 e. The molecule has 1 atom stereocenters. The molecule has 0 saturated carbocycles. The predicted molar refractivity (Wildman–Crippen MR) is 109 cm³/mol. The van der Waals surface area contributed by atoms with E-state index in [9.17, 15) is 8.42 Å². The van der Waals surface area contributed by atoms with E-state index in [2.05, 4.69) is 0 Å². The van der Waals surface area contributed by atoms with Crippen molar-refractivity contribution < 1.29 is 13.2 Å². The van der Waals surface area contributed by atoms with Gasteiger partial charge in [-0.15, -0.1) is 0 Å². The molecule has 3 aromatic carbocycles. The first-order valence-electron chi connectivity index (χ1n) is 8.42. The van der Waals surface area contributed by atoms with Crippen LogP contribution in [0.1, 0.15) is 18.5 Å². The molecule has 0 fully saturated rings. The number of hydrogen-bond donors (Lipinski definition) is 0. The van der Waals surface area contributed by atoms with Crippen LogP contribution in [-0.4, -0.2) is 15.5 Å². The molecular weight excluding hydrogens is 382 g/mol. The maximum atomic E-state index is 13.5. The molecule has 0 N–H and O–H groups in total. The second kappa shape index (κ2) is 8.03. The normalized spacial score (nSPS) is 12.4. The van der Waals surface area contributed by atoms with E-state index in [-0.39, 0.29) is 4.90 Å². The molecule has 0 aromatic heterocycles. The van der Waals surface area contributed by atoms with Gasteiger partial charge in [-0.2, -0.15) is 0 Å². The number of anilines is 1. The van der Waals surface area contributed by atoms with Gasteiger partial charge >= 0.3 is 0 Å². The number of rotatable bonds is 6. The summed E-state index contributed by atoms with van der Waals surface area (Å²) in [6.07, 6.45) is 0. The van der Waals surface area contributed by atoms with Crippen molar-refractivity contribution >= 4 is 27.3 Å².